The zero-order valence-electron chi connectivity index (χ0n) is 12.0. The lowest BCUT2D eigenvalue weighted by Gasteiger charge is -2.22. The predicted molar refractivity (Wildman–Crippen MR) is 76.8 cm³/mol. The lowest BCUT2D eigenvalue weighted by Crippen LogP contribution is -2.43. The average molecular weight is 254 g/mol. The highest BCUT2D eigenvalue weighted by Gasteiger charge is 2.14. The molecule has 0 heterocycles. The predicted octanol–water partition coefficient (Wildman–Crippen LogP) is 3.98. The molecule has 0 aromatic carbocycles. The minimum Gasteiger partial charge on any atom is -0.338 e. The van der Waals surface area contributed by atoms with E-state index in [9.17, 15) is 4.79 Å². The van der Waals surface area contributed by atoms with Crippen molar-refractivity contribution in [3.63, 3.8) is 0 Å². The van der Waals surface area contributed by atoms with E-state index in [-0.39, 0.29) is 6.03 Å². The number of urea groups is 1. The third-order valence-electron chi connectivity index (χ3n) is 3.76. The van der Waals surface area contributed by atoms with Gasteiger partial charge < -0.3 is 10.6 Å². The second kappa shape index (κ2) is 10.2. The maximum atomic E-state index is 11.6. The van der Waals surface area contributed by atoms with Crippen LogP contribution < -0.4 is 10.6 Å². The molecule has 3 nitrogen and oxygen atoms in total. The van der Waals surface area contributed by atoms with E-state index in [1.54, 1.807) is 0 Å². The van der Waals surface area contributed by atoms with Crippen molar-refractivity contribution in [1.29, 1.82) is 0 Å². The molecule has 2 amide bonds. The maximum Gasteiger partial charge on any atom is 0.315 e. The Morgan fingerprint density at radius 3 is 2.39 bits per heavy atom. The number of nitrogens with one attached hydrogen (secondary N) is 2. The number of carbonyl (C=O) groups is 1. The Balaban J connectivity index is 1.90. The molecule has 0 bridgehead atoms. The first-order valence-electron chi connectivity index (χ1n) is 7.87. The summed E-state index contributed by atoms with van der Waals surface area (Å²) >= 11 is 0. The summed E-state index contributed by atoms with van der Waals surface area (Å²) < 4.78 is 0. The molecule has 2 N–H and O–H groups in total. The largest absolute Gasteiger partial charge is 0.338 e. The Labute approximate surface area is 112 Å². The highest BCUT2D eigenvalue weighted by molar-refractivity contribution is 5.74. The van der Waals surface area contributed by atoms with Gasteiger partial charge in [-0.25, -0.2) is 4.79 Å². The van der Waals surface area contributed by atoms with Gasteiger partial charge in [0.2, 0.25) is 0 Å². The molecule has 1 aliphatic carbocycles. The Hall–Kier alpha value is -0.730. The summed E-state index contributed by atoms with van der Waals surface area (Å²) in [6.45, 7) is 3.06. The van der Waals surface area contributed by atoms with Crippen LogP contribution in [-0.4, -0.2) is 18.6 Å². The molecule has 0 aromatic heterocycles. The van der Waals surface area contributed by atoms with Crippen molar-refractivity contribution in [3.05, 3.63) is 0 Å². The monoisotopic (exact) mass is 254 g/mol. The Morgan fingerprint density at radius 1 is 1.00 bits per heavy atom. The molecule has 0 aliphatic heterocycles. The van der Waals surface area contributed by atoms with Crippen molar-refractivity contribution in [2.24, 2.45) is 0 Å². The molecule has 0 spiro atoms. The molecule has 0 saturated heterocycles. The van der Waals surface area contributed by atoms with Crippen LogP contribution in [0.25, 0.3) is 0 Å². The van der Waals surface area contributed by atoms with Gasteiger partial charge in [-0.3, -0.25) is 0 Å². The van der Waals surface area contributed by atoms with E-state index < -0.39 is 0 Å². The zero-order chi connectivity index (χ0) is 13.1. The molecule has 0 aromatic rings. The maximum absolute atomic E-state index is 11.6. The Bertz CT molecular complexity index is 213. The molecule has 1 saturated carbocycles. The standard InChI is InChI=1S/C15H30N2O/c1-2-3-4-5-6-10-13-16-15(18)17-14-11-8-7-9-12-14/h14H,2-13H2,1H3,(H2,16,17,18). The number of hydrogen-bond donors (Lipinski definition) is 2. The van der Waals surface area contributed by atoms with Crippen molar-refractivity contribution in [2.45, 2.75) is 83.6 Å². The van der Waals surface area contributed by atoms with Crippen molar-refractivity contribution < 1.29 is 4.79 Å². The van der Waals surface area contributed by atoms with Gasteiger partial charge in [0, 0.05) is 12.6 Å². The van der Waals surface area contributed by atoms with Crippen LogP contribution in [0, 0.1) is 0 Å². The van der Waals surface area contributed by atoms with E-state index in [0.29, 0.717) is 6.04 Å². The van der Waals surface area contributed by atoms with E-state index in [2.05, 4.69) is 17.6 Å². The average Bonchev–Trinajstić information content (AvgIpc) is 2.39. The van der Waals surface area contributed by atoms with E-state index in [1.165, 1.54) is 51.4 Å². The molecular weight excluding hydrogens is 224 g/mol. The second-order valence-electron chi connectivity index (χ2n) is 5.50. The normalized spacial score (nSPS) is 16.5. The number of unbranched alkanes of at least 4 members (excludes halogenated alkanes) is 5. The van der Waals surface area contributed by atoms with Crippen molar-refractivity contribution in [1.82, 2.24) is 10.6 Å². The fourth-order valence-corrected chi connectivity index (χ4v) is 2.59. The van der Waals surface area contributed by atoms with Crippen LogP contribution in [0.1, 0.15) is 77.6 Å². The topological polar surface area (TPSA) is 41.1 Å². The van der Waals surface area contributed by atoms with Crippen LogP contribution in [0.5, 0.6) is 0 Å². The van der Waals surface area contributed by atoms with E-state index in [0.717, 1.165) is 25.8 Å². The van der Waals surface area contributed by atoms with Gasteiger partial charge in [0.25, 0.3) is 0 Å². The highest BCUT2D eigenvalue weighted by Crippen LogP contribution is 2.17. The van der Waals surface area contributed by atoms with Crippen LogP contribution in [0.2, 0.25) is 0 Å². The lowest BCUT2D eigenvalue weighted by atomic mass is 9.96. The number of rotatable bonds is 8. The molecule has 1 aliphatic rings. The fraction of sp³-hybridized carbons (Fsp3) is 0.933. The van der Waals surface area contributed by atoms with Gasteiger partial charge in [-0.2, -0.15) is 0 Å². The molecule has 0 radical (unpaired) electrons. The first kappa shape index (κ1) is 15.3. The zero-order valence-corrected chi connectivity index (χ0v) is 12.0. The van der Waals surface area contributed by atoms with Gasteiger partial charge in [-0.05, 0) is 19.3 Å². The molecule has 106 valence electrons. The smallest absolute Gasteiger partial charge is 0.315 e. The first-order chi connectivity index (χ1) is 8.83. The molecule has 3 heteroatoms. The summed E-state index contributed by atoms with van der Waals surface area (Å²) in [5.74, 6) is 0. The summed E-state index contributed by atoms with van der Waals surface area (Å²) in [6.07, 6.45) is 13.8. The van der Waals surface area contributed by atoms with Crippen molar-refractivity contribution in [2.75, 3.05) is 6.54 Å². The molecule has 0 atom stereocenters. The third kappa shape index (κ3) is 7.57. The van der Waals surface area contributed by atoms with Crippen LogP contribution >= 0.6 is 0 Å². The number of hydrogen-bond acceptors (Lipinski definition) is 1. The van der Waals surface area contributed by atoms with E-state index in [1.807, 2.05) is 0 Å². The van der Waals surface area contributed by atoms with Gasteiger partial charge in [0.1, 0.15) is 0 Å². The van der Waals surface area contributed by atoms with Crippen LogP contribution in [0.3, 0.4) is 0 Å². The van der Waals surface area contributed by atoms with Crippen molar-refractivity contribution in [3.8, 4) is 0 Å². The number of carbonyl (C=O) groups excluding carboxylic acids is 1. The summed E-state index contributed by atoms with van der Waals surface area (Å²) in [5.41, 5.74) is 0. The highest BCUT2D eigenvalue weighted by atomic mass is 16.2. The summed E-state index contributed by atoms with van der Waals surface area (Å²) in [5, 5.41) is 6.05. The van der Waals surface area contributed by atoms with Gasteiger partial charge in [-0.15, -0.1) is 0 Å². The van der Waals surface area contributed by atoms with Gasteiger partial charge >= 0.3 is 6.03 Å². The minimum atomic E-state index is 0.0375. The van der Waals surface area contributed by atoms with Crippen LogP contribution in [-0.2, 0) is 0 Å². The molecule has 1 fully saturated rings. The van der Waals surface area contributed by atoms with E-state index >= 15 is 0 Å². The van der Waals surface area contributed by atoms with E-state index in [4.69, 9.17) is 0 Å². The third-order valence-corrected chi connectivity index (χ3v) is 3.76. The number of amides is 2. The fourth-order valence-electron chi connectivity index (χ4n) is 2.59. The first-order valence-corrected chi connectivity index (χ1v) is 7.87. The lowest BCUT2D eigenvalue weighted by molar-refractivity contribution is 0.232. The van der Waals surface area contributed by atoms with Crippen LogP contribution in [0.4, 0.5) is 4.79 Å². The summed E-state index contributed by atoms with van der Waals surface area (Å²) in [7, 11) is 0. The van der Waals surface area contributed by atoms with Gasteiger partial charge in [-0.1, -0.05) is 58.3 Å². The Morgan fingerprint density at radius 2 is 1.67 bits per heavy atom. The molecular formula is C15H30N2O. The molecule has 18 heavy (non-hydrogen) atoms. The quantitative estimate of drug-likeness (QED) is 0.632. The Kier molecular flexibility index (Phi) is 8.70. The van der Waals surface area contributed by atoms with Crippen LogP contribution in [0.15, 0.2) is 0 Å². The van der Waals surface area contributed by atoms with Crippen molar-refractivity contribution >= 4 is 6.03 Å². The van der Waals surface area contributed by atoms with Gasteiger partial charge in [0.15, 0.2) is 0 Å². The summed E-state index contributed by atoms with van der Waals surface area (Å²) in [4.78, 5) is 11.6. The second-order valence-corrected chi connectivity index (χ2v) is 5.50. The summed E-state index contributed by atoms with van der Waals surface area (Å²) in [6, 6.07) is 0.457. The molecule has 1 rings (SSSR count). The SMILES string of the molecule is CCCCCCCCNC(=O)NC1CCCCC1. The minimum absolute atomic E-state index is 0.0375. The van der Waals surface area contributed by atoms with Gasteiger partial charge in [0.05, 0.1) is 0 Å². The molecule has 0 unspecified atom stereocenters.